The van der Waals surface area contributed by atoms with Crippen LogP contribution in [0.4, 0.5) is 0 Å². The number of ether oxygens (including phenoxy) is 2. The fourth-order valence-electron chi connectivity index (χ4n) is 1.04. The predicted molar refractivity (Wildman–Crippen MR) is 59.0 cm³/mol. The maximum absolute atomic E-state index is 11.5. The van der Waals surface area contributed by atoms with Crippen LogP contribution in [-0.2, 0) is 4.74 Å². The highest BCUT2D eigenvalue weighted by molar-refractivity contribution is 6.43. The number of benzene rings is 1. The monoisotopic (exact) mass is 248 g/mol. The van der Waals surface area contributed by atoms with Crippen molar-refractivity contribution in [2.24, 2.45) is 0 Å². The Morgan fingerprint density at radius 3 is 2.60 bits per heavy atom. The van der Waals surface area contributed by atoms with E-state index in [0.717, 1.165) is 0 Å². The van der Waals surface area contributed by atoms with Crippen LogP contribution in [0.25, 0.3) is 0 Å². The summed E-state index contributed by atoms with van der Waals surface area (Å²) in [5, 5.41) is 0.440. The van der Waals surface area contributed by atoms with Crippen molar-refractivity contribution in [1.29, 1.82) is 0 Å². The van der Waals surface area contributed by atoms with Gasteiger partial charge in [0.2, 0.25) is 0 Å². The molecule has 15 heavy (non-hydrogen) atoms. The maximum Gasteiger partial charge on any atom is 0.339 e. The second-order valence-corrected chi connectivity index (χ2v) is 3.48. The van der Waals surface area contributed by atoms with Crippen LogP contribution in [0, 0.1) is 0 Å². The summed E-state index contributed by atoms with van der Waals surface area (Å²) in [6.07, 6.45) is 0. The van der Waals surface area contributed by atoms with Crippen LogP contribution in [-0.4, -0.2) is 19.7 Å². The van der Waals surface area contributed by atoms with Gasteiger partial charge in [0.05, 0.1) is 29.3 Å². The summed E-state index contributed by atoms with van der Waals surface area (Å²) in [6.45, 7) is 2.00. The van der Waals surface area contributed by atoms with Crippen molar-refractivity contribution in [2.75, 3.05) is 13.7 Å². The van der Waals surface area contributed by atoms with Crippen molar-refractivity contribution < 1.29 is 14.3 Å². The number of esters is 1. The van der Waals surface area contributed by atoms with E-state index in [1.807, 2.05) is 0 Å². The van der Waals surface area contributed by atoms with Crippen molar-refractivity contribution in [3.8, 4) is 5.75 Å². The van der Waals surface area contributed by atoms with Crippen molar-refractivity contribution in [3.63, 3.8) is 0 Å². The van der Waals surface area contributed by atoms with Crippen LogP contribution < -0.4 is 4.74 Å². The summed E-state index contributed by atoms with van der Waals surface area (Å²) in [5.41, 5.74) is 0.211. The smallest absolute Gasteiger partial charge is 0.339 e. The number of carbonyl (C=O) groups excluding carboxylic acids is 1. The van der Waals surface area contributed by atoms with Gasteiger partial charge < -0.3 is 9.47 Å². The van der Waals surface area contributed by atoms with Crippen LogP contribution in [0.5, 0.6) is 5.75 Å². The van der Waals surface area contributed by atoms with Gasteiger partial charge in [-0.05, 0) is 13.0 Å². The van der Waals surface area contributed by atoms with Gasteiger partial charge in [-0.15, -0.1) is 0 Å². The Morgan fingerprint density at radius 1 is 1.40 bits per heavy atom. The molecule has 0 atom stereocenters. The van der Waals surface area contributed by atoms with E-state index in [1.165, 1.54) is 19.2 Å². The van der Waals surface area contributed by atoms with Crippen LogP contribution >= 0.6 is 23.2 Å². The number of hydrogen-bond donors (Lipinski definition) is 0. The van der Waals surface area contributed by atoms with E-state index in [1.54, 1.807) is 6.92 Å². The van der Waals surface area contributed by atoms with Gasteiger partial charge in [-0.2, -0.15) is 0 Å². The first-order valence-electron chi connectivity index (χ1n) is 4.30. The minimum absolute atomic E-state index is 0.177. The zero-order valence-corrected chi connectivity index (χ0v) is 9.85. The molecule has 1 aromatic rings. The van der Waals surface area contributed by atoms with Crippen molar-refractivity contribution in [1.82, 2.24) is 0 Å². The third kappa shape index (κ3) is 2.76. The lowest BCUT2D eigenvalue weighted by Crippen LogP contribution is -2.06. The second kappa shape index (κ2) is 5.24. The van der Waals surface area contributed by atoms with Gasteiger partial charge in [0.25, 0.3) is 0 Å². The van der Waals surface area contributed by atoms with Gasteiger partial charge in [-0.1, -0.05) is 23.2 Å². The van der Waals surface area contributed by atoms with E-state index in [0.29, 0.717) is 5.75 Å². The molecule has 0 heterocycles. The number of methoxy groups -OCH3 is 1. The Labute approximate surface area is 97.9 Å². The van der Waals surface area contributed by atoms with Gasteiger partial charge in [-0.25, -0.2) is 4.79 Å². The first kappa shape index (κ1) is 12.1. The molecule has 0 aliphatic heterocycles. The highest BCUT2D eigenvalue weighted by Gasteiger charge is 2.15. The molecule has 0 unspecified atom stereocenters. The quantitative estimate of drug-likeness (QED) is 0.771. The summed E-state index contributed by atoms with van der Waals surface area (Å²) in [5.74, 6) is -0.0456. The number of hydrogen-bond acceptors (Lipinski definition) is 3. The Balaban J connectivity index is 3.15. The summed E-state index contributed by atoms with van der Waals surface area (Å²) in [7, 11) is 1.48. The molecular formula is C10H10Cl2O3. The fraction of sp³-hybridized carbons (Fsp3) is 0.300. The van der Waals surface area contributed by atoms with E-state index in [9.17, 15) is 4.79 Å². The number of halogens is 2. The molecule has 0 radical (unpaired) electrons. The number of carbonyl (C=O) groups is 1. The molecule has 0 aliphatic carbocycles. The van der Waals surface area contributed by atoms with E-state index in [-0.39, 0.29) is 22.2 Å². The SMILES string of the molecule is CCOC(=O)c1cc(OC)cc(Cl)c1Cl. The molecule has 5 heteroatoms. The highest BCUT2D eigenvalue weighted by atomic mass is 35.5. The molecule has 3 nitrogen and oxygen atoms in total. The van der Waals surface area contributed by atoms with E-state index >= 15 is 0 Å². The second-order valence-electron chi connectivity index (χ2n) is 2.69. The maximum atomic E-state index is 11.5. The van der Waals surface area contributed by atoms with Gasteiger partial charge in [0.15, 0.2) is 0 Å². The molecule has 0 spiro atoms. The first-order valence-corrected chi connectivity index (χ1v) is 5.05. The van der Waals surface area contributed by atoms with Crippen LogP contribution in [0.3, 0.4) is 0 Å². The fourth-order valence-corrected chi connectivity index (χ4v) is 1.44. The van der Waals surface area contributed by atoms with Gasteiger partial charge in [0, 0.05) is 6.07 Å². The van der Waals surface area contributed by atoms with Gasteiger partial charge >= 0.3 is 5.97 Å². The lowest BCUT2D eigenvalue weighted by Gasteiger charge is -2.08. The van der Waals surface area contributed by atoms with Crippen molar-refractivity contribution in [3.05, 3.63) is 27.7 Å². The molecule has 0 bridgehead atoms. The average Bonchev–Trinajstić information content (AvgIpc) is 2.22. The number of rotatable bonds is 3. The third-order valence-corrected chi connectivity index (χ3v) is 2.53. The molecule has 0 N–H and O–H groups in total. The average molecular weight is 249 g/mol. The van der Waals surface area contributed by atoms with Crippen molar-refractivity contribution >= 4 is 29.2 Å². The molecule has 82 valence electrons. The minimum Gasteiger partial charge on any atom is -0.497 e. The first-order chi connectivity index (χ1) is 7.10. The lowest BCUT2D eigenvalue weighted by molar-refractivity contribution is 0.0526. The standard InChI is InChI=1S/C10H10Cl2O3/c1-3-15-10(13)7-4-6(14-2)5-8(11)9(7)12/h4-5H,3H2,1-2H3. The Kier molecular flexibility index (Phi) is 4.24. The summed E-state index contributed by atoms with van der Waals surface area (Å²) in [6, 6.07) is 3.03. The molecule has 0 saturated carbocycles. The molecular weight excluding hydrogens is 239 g/mol. The van der Waals surface area contributed by atoms with Crippen LogP contribution in [0.2, 0.25) is 10.0 Å². The minimum atomic E-state index is -0.511. The molecule has 1 rings (SSSR count). The van der Waals surface area contributed by atoms with Crippen LogP contribution in [0.15, 0.2) is 12.1 Å². The zero-order chi connectivity index (χ0) is 11.4. The zero-order valence-electron chi connectivity index (χ0n) is 8.34. The van der Waals surface area contributed by atoms with Crippen molar-refractivity contribution in [2.45, 2.75) is 6.92 Å². The highest BCUT2D eigenvalue weighted by Crippen LogP contribution is 2.31. The van der Waals surface area contributed by atoms with E-state index in [4.69, 9.17) is 32.7 Å². The molecule has 0 amide bonds. The normalized spacial score (nSPS) is 9.87. The van der Waals surface area contributed by atoms with E-state index in [2.05, 4.69) is 0 Å². The Hall–Kier alpha value is -0.930. The third-order valence-electron chi connectivity index (χ3n) is 1.73. The summed E-state index contributed by atoms with van der Waals surface area (Å²) < 4.78 is 9.79. The topological polar surface area (TPSA) is 35.5 Å². The molecule has 0 fully saturated rings. The Morgan fingerprint density at radius 2 is 2.07 bits per heavy atom. The molecule has 0 saturated heterocycles. The lowest BCUT2D eigenvalue weighted by atomic mass is 10.2. The Bertz CT molecular complexity index is 377. The molecule has 1 aromatic carbocycles. The predicted octanol–water partition coefficient (Wildman–Crippen LogP) is 3.18. The van der Waals surface area contributed by atoms with Gasteiger partial charge in [0.1, 0.15) is 5.75 Å². The van der Waals surface area contributed by atoms with E-state index < -0.39 is 5.97 Å². The molecule has 0 aliphatic rings. The van der Waals surface area contributed by atoms with Crippen LogP contribution in [0.1, 0.15) is 17.3 Å². The largest absolute Gasteiger partial charge is 0.497 e. The summed E-state index contributed by atoms with van der Waals surface area (Å²) in [4.78, 5) is 11.5. The summed E-state index contributed by atoms with van der Waals surface area (Å²) >= 11 is 11.7. The van der Waals surface area contributed by atoms with Gasteiger partial charge in [-0.3, -0.25) is 0 Å². The molecule has 0 aromatic heterocycles.